The molecule has 1 aromatic carbocycles. The van der Waals surface area contributed by atoms with Gasteiger partial charge in [0, 0.05) is 11.1 Å². The molecule has 0 aliphatic carbocycles. The van der Waals surface area contributed by atoms with Gasteiger partial charge in [-0.25, -0.2) is 9.37 Å². The van der Waals surface area contributed by atoms with E-state index < -0.39 is 5.82 Å². The smallest absolute Gasteiger partial charge is 0.256 e. The summed E-state index contributed by atoms with van der Waals surface area (Å²) >= 11 is 1.46. The van der Waals surface area contributed by atoms with Crippen molar-refractivity contribution < 1.29 is 9.18 Å². The largest absolute Gasteiger partial charge is 0.322 e. The third-order valence-electron chi connectivity index (χ3n) is 2.99. The summed E-state index contributed by atoms with van der Waals surface area (Å²) in [5, 5.41) is 12.7. The highest BCUT2D eigenvalue weighted by Crippen LogP contribution is 2.23. The molecule has 7 heteroatoms. The van der Waals surface area contributed by atoms with E-state index in [1.165, 1.54) is 35.9 Å². The molecular formula is C14H11FN4OS. The van der Waals surface area contributed by atoms with Gasteiger partial charge in [0.15, 0.2) is 5.82 Å². The van der Waals surface area contributed by atoms with E-state index in [2.05, 4.69) is 20.5 Å². The number of amides is 1. The van der Waals surface area contributed by atoms with Gasteiger partial charge in [-0.05, 0) is 36.1 Å². The van der Waals surface area contributed by atoms with Crippen LogP contribution in [-0.4, -0.2) is 21.1 Å². The van der Waals surface area contributed by atoms with Crippen LogP contribution in [0, 0.1) is 12.7 Å². The minimum atomic E-state index is -0.434. The maximum absolute atomic E-state index is 13.8. The van der Waals surface area contributed by atoms with Gasteiger partial charge in [-0.1, -0.05) is 0 Å². The maximum Gasteiger partial charge on any atom is 0.256 e. The van der Waals surface area contributed by atoms with Crippen LogP contribution in [-0.2, 0) is 0 Å². The van der Waals surface area contributed by atoms with Crippen LogP contribution in [0.4, 0.5) is 10.1 Å². The van der Waals surface area contributed by atoms with E-state index >= 15 is 0 Å². The van der Waals surface area contributed by atoms with Gasteiger partial charge in [-0.15, -0.1) is 0 Å². The molecule has 0 aliphatic heterocycles. The molecule has 21 heavy (non-hydrogen) atoms. The van der Waals surface area contributed by atoms with Crippen molar-refractivity contribution in [2.45, 2.75) is 6.92 Å². The van der Waals surface area contributed by atoms with Crippen molar-refractivity contribution in [1.82, 2.24) is 15.2 Å². The van der Waals surface area contributed by atoms with Gasteiger partial charge in [0.05, 0.1) is 11.1 Å². The van der Waals surface area contributed by atoms with E-state index in [1.54, 1.807) is 5.38 Å². The fraction of sp³-hybridized carbons (Fsp3) is 0.0714. The van der Waals surface area contributed by atoms with Gasteiger partial charge in [0.25, 0.3) is 5.91 Å². The lowest BCUT2D eigenvalue weighted by molar-refractivity contribution is 0.102. The number of carbonyl (C=O) groups excluding carboxylic acids is 1. The summed E-state index contributed by atoms with van der Waals surface area (Å²) in [5.41, 5.74) is 2.28. The quantitative estimate of drug-likeness (QED) is 0.780. The number of H-pyrrole nitrogens is 1. The molecular weight excluding hydrogens is 291 g/mol. The van der Waals surface area contributed by atoms with Crippen molar-refractivity contribution in [1.29, 1.82) is 0 Å². The second-order valence-electron chi connectivity index (χ2n) is 4.45. The third kappa shape index (κ3) is 2.68. The average molecular weight is 302 g/mol. The summed E-state index contributed by atoms with van der Waals surface area (Å²) in [7, 11) is 0. The number of anilines is 1. The first-order valence-corrected chi connectivity index (χ1v) is 7.09. The lowest BCUT2D eigenvalue weighted by atomic mass is 10.1. The highest BCUT2D eigenvalue weighted by atomic mass is 32.1. The SMILES string of the molecule is Cc1cscc1C(=O)Nc1ccc(F)c(-c2ncn[nH]2)c1. The third-order valence-corrected chi connectivity index (χ3v) is 3.86. The molecule has 3 aromatic rings. The summed E-state index contributed by atoms with van der Waals surface area (Å²) < 4.78 is 13.8. The monoisotopic (exact) mass is 302 g/mol. The Morgan fingerprint density at radius 2 is 2.24 bits per heavy atom. The molecule has 3 rings (SSSR count). The first kappa shape index (κ1) is 13.4. The number of benzene rings is 1. The minimum Gasteiger partial charge on any atom is -0.322 e. The second kappa shape index (κ2) is 5.45. The van der Waals surface area contributed by atoms with Gasteiger partial charge < -0.3 is 5.32 Å². The summed E-state index contributed by atoms with van der Waals surface area (Å²) in [5.74, 6) is -0.337. The maximum atomic E-state index is 13.8. The van der Waals surface area contributed by atoms with Crippen LogP contribution in [0.1, 0.15) is 15.9 Å². The highest BCUT2D eigenvalue weighted by molar-refractivity contribution is 7.08. The molecule has 2 N–H and O–H groups in total. The van der Waals surface area contributed by atoms with Crippen LogP contribution in [0.15, 0.2) is 35.3 Å². The van der Waals surface area contributed by atoms with Crippen molar-refractivity contribution in [2.75, 3.05) is 5.32 Å². The molecule has 1 amide bonds. The number of aryl methyl sites for hydroxylation is 1. The fourth-order valence-electron chi connectivity index (χ4n) is 1.91. The average Bonchev–Trinajstić information content (AvgIpc) is 3.12. The molecule has 0 saturated carbocycles. The van der Waals surface area contributed by atoms with E-state index in [0.717, 1.165) is 5.56 Å². The van der Waals surface area contributed by atoms with E-state index in [1.807, 2.05) is 12.3 Å². The minimum absolute atomic E-state index is 0.219. The Balaban J connectivity index is 1.89. The Bertz CT molecular complexity index is 782. The number of carbonyl (C=O) groups is 1. The van der Waals surface area contributed by atoms with Crippen LogP contribution < -0.4 is 5.32 Å². The van der Waals surface area contributed by atoms with Gasteiger partial charge in [0.1, 0.15) is 12.1 Å². The summed E-state index contributed by atoms with van der Waals surface area (Å²) in [6, 6.07) is 4.32. The molecule has 0 radical (unpaired) electrons. The van der Waals surface area contributed by atoms with Crippen molar-refractivity contribution in [2.24, 2.45) is 0 Å². The van der Waals surface area contributed by atoms with E-state index in [9.17, 15) is 9.18 Å². The summed E-state index contributed by atoms with van der Waals surface area (Å²) in [6.07, 6.45) is 1.30. The molecule has 0 saturated heterocycles. The first-order chi connectivity index (χ1) is 10.1. The number of halogens is 1. The normalized spacial score (nSPS) is 10.6. The zero-order chi connectivity index (χ0) is 14.8. The van der Waals surface area contributed by atoms with Crippen LogP contribution in [0.5, 0.6) is 0 Å². The Morgan fingerprint density at radius 1 is 1.38 bits per heavy atom. The number of hydrogen-bond acceptors (Lipinski definition) is 4. The van der Waals surface area contributed by atoms with E-state index in [-0.39, 0.29) is 11.5 Å². The highest BCUT2D eigenvalue weighted by Gasteiger charge is 2.13. The van der Waals surface area contributed by atoms with Crippen molar-refractivity contribution in [3.05, 3.63) is 52.2 Å². The Morgan fingerprint density at radius 3 is 2.90 bits per heavy atom. The number of thiophene rings is 1. The number of nitrogens with zero attached hydrogens (tertiary/aromatic N) is 2. The lowest BCUT2D eigenvalue weighted by Crippen LogP contribution is -2.12. The van der Waals surface area contributed by atoms with Gasteiger partial charge in [-0.3, -0.25) is 9.89 Å². The van der Waals surface area contributed by atoms with Crippen molar-refractivity contribution in [3.8, 4) is 11.4 Å². The molecule has 0 unspecified atom stereocenters. The standard InChI is InChI=1S/C14H11FN4OS/c1-8-5-21-6-11(8)14(20)18-9-2-3-12(15)10(4-9)13-16-7-17-19-13/h2-7H,1H3,(H,18,20)(H,16,17,19). The summed E-state index contributed by atoms with van der Waals surface area (Å²) in [4.78, 5) is 16.1. The predicted octanol–water partition coefficient (Wildman–Crippen LogP) is 3.23. The molecule has 5 nitrogen and oxygen atoms in total. The molecule has 0 atom stereocenters. The molecule has 0 aliphatic rings. The Hall–Kier alpha value is -2.54. The van der Waals surface area contributed by atoms with E-state index in [0.29, 0.717) is 17.1 Å². The van der Waals surface area contributed by atoms with Crippen LogP contribution in [0.2, 0.25) is 0 Å². The fourth-order valence-corrected chi connectivity index (χ4v) is 2.74. The topological polar surface area (TPSA) is 70.7 Å². The molecule has 0 bridgehead atoms. The number of nitrogens with one attached hydrogen (secondary N) is 2. The van der Waals surface area contributed by atoms with Gasteiger partial charge in [-0.2, -0.15) is 16.4 Å². The van der Waals surface area contributed by atoms with E-state index in [4.69, 9.17) is 0 Å². The van der Waals surface area contributed by atoms with Crippen LogP contribution in [0.3, 0.4) is 0 Å². The summed E-state index contributed by atoms with van der Waals surface area (Å²) in [6.45, 7) is 1.87. The zero-order valence-electron chi connectivity index (χ0n) is 11.1. The number of aromatic nitrogens is 3. The Kier molecular flexibility index (Phi) is 3.49. The molecule has 106 valence electrons. The molecule has 0 fully saturated rings. The Labute approximate surface area is 123 Å². The van der Waals surface area contributed by atoms with Gasteiger partial charge >= 0.3 is 0 Å². The zero-order valence-corrected chi connectivity index (χ0v) is 11.9. The van der Waals surface area contributed by atoms with Crippen LogP contribution in [0.25, 0.3) is 11.4 Å². The van der Waals surface area contributed by atoms with Crippen molar-refractivity contribution >= 4 is 22.9 Å². The molecule has 2 heterocycles. The van der Waals surface area contributed by atoms with Crippen molar-refractivity contribution in [3.63, 3.8) is 0 Å². The first-order valence-electron chi connectivity index (χ1n) is 6.14. The number of rotatable bonds is 3. The molecule has 2 aromatic heterocycles. The lowest BCUT2D eigenvalue weighted by Gasteiger charge is -2.07. The van der Waals surface area contributed by atoms with Gasteiger partial charge in [0.2, 0.25) is 0 Å². The predicted molar refractivity (Wildman–Crippen MR) is 78.8 cm³/mol. The van der Waals surface area contributed by atoms with Crippen LogP contribution >= 0.6 is 11.3 Å². The number of hydrogen-bond donors (Lipinski definition) is 2. The second-order valence-corrected chi connectivity index (χ2v) is 5.19. The number of aromatic amines is 1. The molecule has 0 spiro atoms.